The van der Waals surface area contributed by atoms with Gasteiger partial charge >= 0.3 is 0 Å². The van der Waals surface area contributed by atoms with Gasteiger partial charge in [0.15, 0.2) is 5.96 Å². The van der Waals surface area contributed by atoms with Crippen LogP contribution in [-0.2, 0) is 9.47 Å². The molecule has 1 aromatic heterocycles. The summed E-state index contributed by atoms with van der Waals surface area (Å²) in [4.78, 5) is 8.46. The second-order valence-corrected chi connectivity index (χ2v) is 9.17. The Balaban J connectivity index is 1.37. The van der Waals surface area contributed by atoms with E-state index in [4.69, 9.17) is 9.47 Å². The second-order valence-electron chi connectivity index (χ2n) is 8.19. The zero-order chi connectivity index (χ0) is 20.3. The molecule has 2 aliphatic heterocycles. The maximum Gasteiger partial charge on any atom is 0.191 e. The molecule has 0 radical (unpaired) electrons. The van der Waals surface area contributed by atoms with Gasteiger partial charge in [0.25, 0.3) is 0 Å². The zero-order valence-corrected chi connectivity index (χ0v) is 18.9. The molecule has 2 aliphatic rings. The fraction of sp³-hybridized carbons (Fsp3) is 0.773. The summed E-state index contributed by atoms with van der Waals surface area (Å²) < 4.78 is 11.3. The van der Waals surface area contributed by atoms with Crippen LogP contribution in [0.25, 0.3) is 0 Å². The number of guanidine groups is 1. The zero-order valence-electron chi connectivity index (χ0n) is 18.1. The molecule has 29 heavy (non-hydrogen) atoms. The minimum absolute atomic E-state index is 0.310. The molecular formula is C22H38N4O2S. The van der Waals surface area contributed by atoms with Crippen molar-refractivity contribution in [2.24, 2.45) is 10.9 Å². The van der Waals surface area contributed by atoms with E-state index in [0.717, 1.165) is 57.6 Å². The topological polar surface area (TPSA) is 58.1 Å². The number of likely N-dealkylation sites (tertiary alicyclic amines) is 1. The van der Waals surface area contributed by atoms with Gasteiger partial charge < -0.3 is 20.1 Å². The second kappa shape index (κ2) is 12.5. The summed E-state index contributed by atoms with van der Waals surface area (Å²) in [5, 5.41) is 9.15. The lowest BCUT2D eigenvalue weighted by atomic mass is 9.97. The van der Waals surface area contributed by atoms with E-state index in [1.54, 1.807) is 0 Å². The van der Waals surface area contributed by atoms with Crippen LogP contribution in [0.3, 0.4) is 0 Å². The van der Waals surface area contributed by atoms with Gasteiger partial charge in [-0.15, -0.1) is 11.3 Å². The van der Waals surface area contributed by atoms with Crippen molar-refractivity contribution in [3.8, 4) is 0 Å². The van der Waals surface area contributed by atoms with Gasteiger partial charge in [0, 0.05) is 38.2 Å². The first kappa shape index (κ1) is 22.5. The van der Waals surface area contributed by atoms with E-state index in [1.165, 1.54) is 37.2 Å². The predicted octanol–water partition coefficient (Wildman–Crippen LogP) is 3.27. The van der Waals surface area contributed by atoms with Crippen molar-refractivity contribution in [2.45, 2.75) is 51.2 Å². The maximum atomic E-state index is 5.74. The van der Waals surface area contributed by atoms with Crippen molar-refractivity contribution in [1.82, 2.24) is 15.5 Å². The summed E-state index contributed by atoms with van der Waals surface area (Å²) in [6.45, 7) is 8.84. The SMILES string of the molecule is CN=C(NCCCOCC1CCCO1)NCC(c1cccs1)N1CCC(C)CC1. The molecule has 0 amide bonds. The van der Waals surface area contributed by atoms with Gasteiger partial charge in [0.2, 0.25) is 0 Å². The molecule has 0 aliphatic carbocycles. The Morgan fingerprint density at radius 1 is 1.34 bits per heavy atom. The number of piperidine rings is 1. The highest BCUT2D eigenvalue weighted by atomic mass is 32.1. The van der Waals surface area contributed by atoms with Gasteiger partial charge in [0.05, 0.1) is 18.8 Å². The summed E-state index contributed by atoms with van der Waals surface area (Å²) >= 11 is 1.85. The van der Waals surface area contributed by atoms with Crippen LogP contribution in [0.2, 0.25) is 0 Å². The summed E-state index contributed by atoms with van der Waals surface area (Å²) in [6, 6.07) is 4.83. The first-order valence-corrected chi connectivity index (χ1v) is 12.1. The first-order chi connectivity index (χ1) is 14.3. The summed E-state index contributed by atoms with van der Waals surface area (Å²) in [5.74, 6) is 1.72. The van der Waals surface area contributed by atoms with Crippen molar-refractivity contribution in [3.05, 3.63) is 22.4 Å². The molecule has 3 heterocycles. The minimum Gasteiger partial charge on any atom is -0.379 e. The molecule has 6 nitrogen and oxygen atoms in total. The van der Waals surface area contributed by atoms with Crippen molar-refractivity contribution < 1.29 is 9.47 Å². The van der Waals surface area contributed by atoms with Gasteiger partial charge in [0.1, 0.15) is 0 Å². The number of thiophene rings is 1. The number of hydrogen-bond donors (Lipinski definition) is 2. The molecule has 3 rings (SSSR count). The molecule has 0 bridgehead atoms. The van der Waals surface area contributed by atoms with Crippen LogP contribution in [0.1, 0.15) is 49.9 Å². The Morgan fingerprint density at radius 2 is 2.21 bits per heavy atom. The number of nitrogens with zero attached hydrogens (tertiary/aromatic N) is 2. The Morgan fingerprint density at radius 3 is 2.90 bits per heavy atom. The van der Waals surface area contributed by atoms with E-state index < -0.39 is 0 Å². The van der Waals surface area contributed by atoms with Crippen LogP contribution in [0.4, 0.5) is 0 Å². The Bertz CT molecular complexity index is 582. The van der Waals surface area contributed by atoms with Gasteiger partial charge in [-0.1, -0.05) is 13.0 Å². The third kappa shape index (κ3) is 7.55. The van der Waals surface area contributed by atoms with E-state index >= 15 is 0 Å². The molecule has 2 unspecified atom stereocenters. The first-order valence-electron chi connectivity index (χ1n) is 11.2. The molecule has 0 aromatic carbocycles. The number of nitrogens with one attached hydrogen (secondary N) is 2. The van der Waals surface area contributed by atoms with E-state index in [1.807, 2.05) is 18.4 Å². The van der Waals surface area contributed by atoms with E-state index in [9.17, 15) is 0 Å². The average Bonchev–Trinajstić information content (AvgIpc) is 3.44. The highest BCUT2D eigenvalue weighted by molar-refractivity contribution is 7.10. The average molecular weight is 423 g/mol. The number of hydrogen-bond acceptors (Lipinski definition) is 5. The van der Waals surface area contributed by atoms with Gasteiger partial charge in [-0.05, 0) is 62.6 Å². The highest BCUT2D eigenvalue weighted by Crippen LogP contribution is 2.29. The van der Waals surface area contributed by atoms with Crippen LogP contribution in [0, 0.1) is 5.92 Å². The highest BCUT2D eigenvalue weighted by Gasteiger charge is 2.25. The number of aliphatic imine (C=N–C) groups is 1. The third-order valence-electron chi connectivity index (χ3n) is 5.90. The van der Waals surface area contributed by atoms with Gasteiger partial charge in [-0.25, -0.2) is 0 Å². The predicted molar refractivity (Wildman–Crippen MR) is 121 cm³/mol. The lowest BCUT2D eigenvalue weighted by molar-refractivity contribution is 0.0168. The quantitative estimate of drug-likeness (QED) is 0.344. The fourth-order valence-corrected chi connectivity index (χ4v) is 4.88. The molecule has 0 saturated carbocycles. The standard InChI is InChI=1S/C22H38N4O2S/c1-18-8-11-26(12-9-18)20(21-7-4-15-29-21)16-25-22(23-2)24-10-5-13-27-17-19-6-3-14-28-19/h4,7,15,18-20H,3,5-6,8-14,16-17H2,1-2H3,(H2,23,24,25). The monoisotopic (exact) mass is 422 g/mol. The van der Waals surface area contributed by atoms with Crippen molar-refractivity contribution in [1.29, 1.82) is 0 Å². The summed E-state index contributed by atoms with van der Waals surface area (Å²) in [7, 11) is 1.84. The lowest BCUT2D eigenvalue weighted by Crippen LogP contribution is -2.45. The third-order valence-corrected chi connectivity index (χ3v) is 6.88. The van der Waals surface area contributed by atoms with E-state index in [0.29, 0.717) is 12.1 Å². The molecule has 1 aromatic rings. The van der Waals surface area contributed by atoms with Crippen molar-refractivity contribution in [2.75, 3.05) is 53.0 Å². The molecule has 2 saturated heterocycles. The van der Waals surface area contributed by atoms with E-state index in [2.05, 4.69) is 45.0 Å². The molecule has 2 atom stereocenters. The summed E-state index contributed by atoms with van der Waals surface area (Å²) in [6.07, 6.45) is 6.16. The van der Waals surface area contributed by atoms with Crippen LogP contribution in [0.15, 0.2) is 22.5 Å². The van der Waals surface area contributed by atoms with Crippen LogP contribution < -0.4 is 10.6 Å². The minimum atomic E-state index is 0.310. The van der Waals surface area contributed by atoms with Gasteiger partial charge in [-0.2, -0.15) is 0 Å². The van der Waals surface area contributed by atoms with Crippen molar-refractivity contribution >= 4 is 17.3 Å². The summed E-state index contributed by atoms with van der Waals surface area (Å²) in [5.41, 5.74) is 0. The van der Waals surface area contributed by atoms with Crippen LogP contribution in [0.5, 0.6) is 0 Å². The Labute approximate surface area is 180 Å². The van der Waals surface area contributed by atoms with Gasteiger partial charge in [-0.3, -0.25) is 9.89 Å². The molecule has 164 valence electrons. The largest absolute Gasteiger partial charge is 0.379 e. The molecule has 7 heteroatoms. The fourth-order valence-electron chi connectivity index (χ4n) is 4.02. The molecule has 2 N–H and O–H groups in total. The van der Waals surface area contributed by atoms with Crippen LogP contribution in [-0.4, -0.2) is 70.0 Å². The Kier molecular flexibility index (Phi) is 9.73. The molecular weight excluding hydrogens is 384 g/mol. The van der Waals surface area contributed by atoms with E-state index in [-0.39, 0.29) is 0 Å². The lowest BCUT2D eigenvalue weighted by Gasteiger charge is -2.36. The molecule has 0 spiro atoms. The maximum absolute atomic E-state index is 5.74. The number of ether oxygens (including phenoxy) is 2. The Hall–Kier alpha value is -1.15. The van der Waals surface area contributed by atoms with Crippen molar-refractivity contribution in [3.63, 3.8) is 0 Å². The van der Waals surface area contributed by atoms with Crippen LogP contribution >= 0.6 is 11.3 Å². The smallest absolute Gasteiger partial charge is 0.191 e. The molecule has 2 fully saturated rings. The number of rotatable bonds is 10. The normalized spacial score (nSPS) is 22.7.